The molecule has 0 aliphatic rings. The lowest BCUT2D eigenvalue weighted by Gasteiger charge is -2.12. The average Bonchev–Trinajstić information content (AvgIpc) is 3.31. The Bertz CT molecular complexity index is 1550. The van der Waals surface area contributed by atoms with Crippen molar-refractivity contribution in [2.24, 2.45) is 0 Å². The molecule has 3 N–H and O–H groups in total. The first-order chi connectivity index (χ1) is 18.0. The Balaban J connectivity index is 1.26. The molecular weight excluding hydrogens is 534 g/mol. The van der Waals surface area contributed by atoms with Gasteiger partial charge in [-0.15, -0.1) is 0 Å². The van der Waals surface area contributed by atoms with Crippen molar-refractivity contribution in [2.75, 3.05) is 12.4 Å². The smallest absolute Gasteiger partial charge is 0.251 e. The molecule has 37 heavy (non-hydrogen) atoms. The lowest BCUT2D eigenvalue weighted by molar-refractivity contribution is 0.0951. The van der Waals surface area contributed by atoms with Crippen LogP contribution in [0.15, 0.2) is 89.5 Å². The van der Waals surface area contributed by atoms with Crippen LogP contribution in [0.1, 0.15) is 21.5 Å². The van der Waals surface area contributed by atoms with Gasteiger partial charge in [0, 0.05) is 30.3 Å². The number of carbonyl (C=O) groups excluding carboxylic acids is 1. The number of halogens is 1. The number of ether oxygens (including phenoxy) is 1. The van der Waals surface area contributed by atoms with Crippen molar-refractivity contribution in [1.29, 1.82) is 0 Å². The number of anilines is 1. The minimum Gasteiger partial charge on any atom is -0.507 e. The number of carbonyl (C=O) groups is 1. The van der Waals surface area contributed by atoms with Gasteiger partial charge >= 0.3 is 0 Å². The van der Waals surface area contributed by atoms with Crippen LogP contribution in [-0.2, 0) is 13.1 Å². The van der Waals surface area contributed by atoms with Crippen molar-refractivity contribution in [3.8, 4) is 22.8 Å². The number of phenols is 1. The fraction of sp³-hybridized carbons (Fsp3) is 0.107. The molecular formula is C28H24BrN5O3. The molecule has 8 nitrogen and oxygen atoms in total. The Kier molecular flexibility index (Phi) is 7.04. The van der Waals surface area contributed by atoms with Crippen LogP contribution in [0.3, 0.4) is 0 Å². The summed E-state index contributed by atoms with van der Waals surface area (Å²) in [6, 6.07) is 24.0. The second-order valence-electron chi connectivity index (χ2n) is 8.35. The number of nitrogens with one attached hydrogen (secondary N) is 2. The van der Waals surface area contributed by atoms with Crippen molar-refractivity contribution in [2.45, 2.75) is 13.1 Å². The number of hydrogen-bond acceptors (Lipinski definition) is 6. The zero-order valence-electron chi connectivity index (χ0n) is 20.0. The van der Waals surface area contributed by atoms with Crippen molar-refractivity contribution in [3.05, 3.63) is 106 Å². The molecule has 0 saturated heterocycles. The normalized spacial score (nSPS) is 10.9. The fourth-order valence-corrected chi connectivity index (χ4v) is 4.23. The monoisotopic (exact) mass is 557 g/mol. The number of aromatic hydroxyl groups is 1. The van der Waals surface area contributed by atoms with Crippen LogP contribution in [0, 0.1) is 0 Å². The molecule has 0 saturated carbocycles. The Morgan fingerprint density at radius 3 is 2.41 bits per heavy atom. The number of fused-ring (bicyclic) bond motifs is 1. The molecule has 0 spiro atoms. The van der Waals surface area contributed by atoms with Crippen LogP contribution in [0.5, 0.6) is 11.5 Å². The van der Waals surface area contributed by atoms with E-state index in [-0.39, 0.29) is 11.7 Å². The highest BCUT2D eigenvalue weighted by atomic mass is 79.9. The molecule has 5 rings (SSSR count). The summed E-state index contributed by atoms with van der Waals surface area (Å²) in [5, 5.41) is 21.1. The van der Waals surface area contributed by atoms with E-state index < -0.39 is 0 Å². The number of methoxy groups -OCH3 is 1. The van der Waals surface area contributed by atoms with Crippen LogP contribution >= 0.6 is 15.9 Å². The zero-order chi connectivity index (χ0) is 25.8. The van der Waals surface area contributed by atoms with Crippen molar-refractivity contribution < 1.29 is 14.6 Å². The molecule has 9 heteroatoms. The lowest BCUT2D eigenvalue weighted by Crippen LogP contribution is -2.22. The minimum absolute atomic E-state index is 0.138. The summed E-state index contributed by atoms with van der Waals surface area (Å²) in [7, 11) is 1.59. The second-order valence-corrected chi connectivity index (χ2v) is 9.21. The zero-order valence-corrected chi connectivity index (χ0v) is 21.6. The number of aromatic nitrogens is 3. The maximum absolute atomic E-state index is 12.4. The molecule has 0 atom stereocenters. The molecule has 2 aromatic heterocycles. The Morgan fingerprint density at radius 1 is 1.00 bits per heavy atom. The van der Waals surface area contributed by atoms with E-state index >= 15 is 0 Å². The predicted molar refractivity (Wildman–Crippen MR) is 146 cm³/mol. The summed E-state index contributed by atoms with van der Waals surface area (Å²) in [6.07, 6.45) is 1.69. The highest BCUT2D eigenvalue weighted by molar-refractivity contribution is 9.10. The summed E-state index contributed by atoms with van der Waals surface area (Å²) in [6.45, 7) is 0.976. The third-order valence-electron chi connectivity index (χ3n) is 5.91. The number of para-hydroxylation sites is 1. The van der Waals surface area contributed by atoms with Gasteiger partial charge in [-0.05, 0) is 63.5 Å². The molecule has 1 amide bonds. The first-order valence-corrected chi connectivity index (χ1v) is 12.4. The molecule has 0 radical (unpaired) electrons. The first-order valence-electron chi connectivity index (χ1n) is 11.6. The van der Waals surface area contributed by atoms with Crippen LogP contribution in [0.4, 0.5) is 5.82 Å². The lowest BCUT2D eigenvalue weighted by atomic mass is 10.1. The second kappa shape index (κ2) is 10.7. The maximum Gasteiger partial charge on any atom is 0.251 e. The van der Waals surface area contributed by atoms with Gasteiger partial charge in [-0.3, -0.25) is 4.79 Å². The van der Waals surface area contributed by atoms with E-state index in [9.17, 15) is 9.90 Å². The van der Waals surface area contributed by atoms with E-state index in [4.69, 9.17) is 4.74 Å². The summed E-state index contributed by atoms with van der Waals surface area (Å²) < 4.78 is 7.61. The van der Waals surface area contributed by atoms with Gasteiger partial charge in [-0.2, -0.15) is 9.61 Å². The fourth-order valence-electron chi connectivity index (χ4n) is 3.88. The van der Waals surface area contributed by atoms with Crippen molar-refractivity contribution in [3.63, 3.8) is 0 Å². The number of hydrogen-bond donors (Lipinski definition) is 3. The van der Waals surface area contributed by atoms with E-state index in [1.54, 1.807) is 54.2 Å². The topological polar surface area (TPSA) is 101 Å². The number of nitrogens with zero attached hydrogens (tertiary/aromatic N) is 3. The van der Waals surface area contributed by atoms with Crippen LogP contribution < -0.4 is 15.4 Å². The quantitative estimate of drug-likeness (QED) is 0.235. The number of rotatable bonds is 8. The van der Waals surface area contributed by atoms with Gasteiger partial charge in [0.25, 0.3) is 5.91 Å². The summed E-state index contributed by atoms with van der Waals surface area (Å²) >= 11 is 3.50. The van der Waals surface area contributed by atoms with Gasteiger partial charge in [0.15, 0.2) is 5.65 Å². The molecule has 0 aliphatic carbocycles. The van der Waals surface area contributed by atoms with Crippen LogP contribution in [0.25, 0.3) is 16.9 Å². The summed E-state index contributed by atoms with van der Waals surface area (Å²) in [5.41, 5.74) is 4.56. The third kappa shape index (κ3) is 5.41. The van der Waals surface area contributed by atoms with Gasteiger partial charge in [0.05, 0.1) is 23.5 Å². The molecule has 0 aliphatic heterocycles. The maximum atomic E-state index is 12.4. The number of benzene rings is 3. The number of phenolic OH excluding ortho intramolecular Hbond substituents is 1. The van der Waals surface area contributed by atoms with Crippen molar-refractivity contribution >= 4 is 33.3 Å². The SMILES string of the molecule is COc1ccc(C(=O)NCc2ccc(CNc3cc(-c4ccccc4O)nc4c(Br)cnn34)cc2)cc1. The number of amides is 1. The molecule has 0 bridgehead atoms. The average molecular weight is 558 g/mol. The van der Waals surface area contributed by atoms with Crippen LogP contribution in [0.2, 0.25) is 0 Å². The molecule has 0 unspecified atom stereocenters. The Hall–Kier alpha value is -4.37. The van der Waals surface area contributed by atoms with Gasteiger partial charge in [-0.1, -0.05) is 36.4 Å². The van der Waals surface area contributed by atoms with Crippen molar-refractivity contribution in [1.82, 2.24) is 19.9 Å². The van der Waals surface area contributed by atoms with E-state index in [1.807, 2.05) is 42.5 Å². The molecule has 0 fully saturated rings. The molecule has 3 aromatic carbocycles. The van der Waals surface area contributed by atoms with E-state index in [0.29, 0.717) is 41.3 Å². The Morgan fingerprint density at radius 2 is 1.70 bits per heavy atom. The summed E-state index contributed by atoms with van der Waals surface area (Å²) in [4.78, 5) is 17.1. The van der Waals surface area contributed by atoms with Gasteiger partial charge < -0.3 is 20.5 Å². The molecule has 186 valence electrons. The van der Waals surface area contributed by atoms with E-state index in [2.05, 4.69) is 36.6 Å². The van der Waals surface area contributed by atoms with E-state index in [0.717, 1.165) is 21.4 Å². The predicted octanol–water partition coefficient (Wildman–Crippen LogP) is 5.42. The molecule has 5 aromatic rings. The highest BCUT2D eigenvalue weighted by Crippen LogP contribution is 2.31. The highest BCUT2D eigenvalue weighted by Gasteiger charge is 2.13. The van der Waals surface area contributed by atoms with Gasteiger partial charge in [-0.25, -0.2) is 4.98 Å². The van der Waals surface area contributed by atoms with E-state index in [1.165, 1.54) is 0 Å². The first kappa shape index (κ1) is 24.3. The standard InChI is InChI=1S/C28H24BrN5O3/c1-37-21-12-10-20(11-13-21)28(36)31-16-19-8-6-18(7-9-19)15-30-26-14-24(22-4-2-3-5-25(22)35)33-27-23(29)17-32-34(26)27/h2-14,17,30,35H,15-16H2,1H3,(H,31,36). The Labute approximate surface area is 222 Å². The van der Waals surface area contributed by atoms with Gasteiger partial charge in [0.1, 0.15) is 17.3 Å². The largest absolute Gasteiger partial charge is 0.507 e. The third-order valence-corrected chi connectivity index (χ3v) is 6.47. The van der Waals surface area contributed by atoms with Crippen LogP contribution in [-0.4, -0.2) is 32.7 Å². The summed E-state index contributed by atoms with van der Waals surface area (Å²) in [5.74, 6) is 1.48. The molecule has 2 heterocycles. The van der Waals surface area contributed by atoms with Gasteiger partial charge in [0.2, 0.25) is 0 Å². The minimum atomic E-state index is -0.138.